The maximum absolute atomic E-state index is 9.55. The molecule has 2 atom stereocenters. The van der Waals surface area contributed by atoms with E-state index in [1.165, 1.54) is 90.8 Å². The second-order valence-corrected chi connectivity index (χ2v) is 55.1. The molecule has 1 heterocycles. The van der Waals surface area contributed by atoms with Gasteiger partial charge in [-0.15, -0.1) is 0 Å². The molecule has 317 valence electrons. The Hall–Kier alpha value is -3.09. The summed E-state index contributed by atoms with van der Waals surface area (Å²) >= 11 is -5.81. The van der Waals surface area contributed by atoms with Crippen LogP contribution in [-0.2, 0) is 16.4 Å². The molecule has 3 aliphatic rings. The van der Waals surface area contributed by atoms with Gasteiger partial charge in [-0.2, -0.15) is 0 Å². The Labute approximate surface area is 385 Å². The molecule has 0 spiro atoms. The van der Waals surface area contributed by atoms with Crippen molar-refractivity contribution in [3.8, 4) is 33.4 Å². The van der Waals surface area contributed by atoms with Crippen LogP contribution >= 0.6 is 17.0 Å². The van der Waals surface area contributed by atoms with Gasteiger partial charge in [0.1, 0.15) is 0 Å². The summed E-state index contributed by atoms with van der Waals surface area (Å²) in [7, 11) is 14.8. The van der Waals surface area contributed by atoms with Crippen LogP contribution in [0.2, 0.25) is 39.3 Å². The van der Waals surface area contributed by atoms with Crippen molar-refractivity contribution in [3.05, 3.63) is 161 Å². The molecule has 0 amide bonds. The summed E-state index contributed by atoms with van der Waals surface area (Å²) < 4.78 is 0.979. The Morgan fingerprint density at radius 3 is 1.29 bits per heavy atom. The first-order chi connectivity index (χ1) is 29.0. The molecule has 0 nitrogen and oxygen atoms in total. The quantitative estimate of drug-likeness (QED) is 0.140. The second kappa shape index (κ2) is 15.0. The van der Waals surface area contributed by atoms with Gasteiger partial charge in [0.15, 0.2) is 0 Å². The van der Waals surface area contributed by atoms with Crippen molar-refractivity contribution in [3.63, 3.8) is 0 Å². The second-order valence-electron chi connectivity index (χ2n) is 22.6. The Kier molecular flexibility index (Phi) is 10.7. The van der Waals surface area contributed by atoms with Gasteiger partial charge >= 0.3 is 388 Å². The number of halogens is 2. The Morgan fingerprint density at radius 2 is 0.839 bits per heavy atom. The first kappa shape index (κ1) is 44.1. The number of fused-ring (bicyclic) bond motifs is 5. The summed E-state index contributed by atoms with van der Waals surface area (Å²) in [5.74, 6) is 0. The molecule has 6 aromatic rings. The molecular formula is C56H63Cl2Si3Zr. The molecule has 0 radical (unpaired) electrons. The van der Waals surface area contributed by atoms with Crippen LogP contribution in [0.1, 0.15) is 71.0 Å². The van der Waals surface area contributed by atoms with Gasteiger partial charge in [-0.3, -0.25) is 0 Å². The number of hydrogen-bond acceptors (Lipinski definition) is 0. The normalized spacial score (nSPS) is 18.4. The zero-order valence-corrected chi connectivity index (χ0v) is 46.3. The van der Waals surface area contributed by atoms with Gasteiger partial charge in [0.2, 0.25) is 0 Å². The van der Waals surface area contributed by atoms with Crippen molar-refractivity contribution in [1.29, 1.82) is 0 Å². The monoisotopic (exact) mass is 979 g/mol. The first-order valence-electron chi connectivity index (χ1n) is 22.7. The molecule has 0 bridgehead atoms. The standard InChI is InChI=1S/2C22H27Si.C12H9Si.2ClH.Zr/c2*1-22(2,3)17-14-16-10-9-12-18(20(16)15-17)19-11-7-8-13-21(19)23(4,5)6;1-3-7-11-9(5-1)10-6-2-4-8-12(10)13-11;;;/h2*7-15H,1-6H3;1-7H,13H2;2*1H;/q;;;;;+2/p-2. The topological polar surface area (TPSA) is 0 Å². The molecular weight excluding hydrogens is 919 g/mol. The van der Waals surface area contributed by atoms with Crippen molar-refractivity contribution in [2.24, 2.45) is 10.8 Å². The third-order valence-corrected chi connectivity index (χ3v) is 40.9. The van der Waals surface area contributed by atoms with Crippen molar-refractivity contribution in [2.75, 3.05) is 0 Å². The summed E-state index contributed by atoms with van der Waals surface area (Å²) in [4.78, 5) is 0. The first-order valence-corrected chi connectivity index (χ1v) is 41.5. The van der Waals surface area contributed by atoms with Crippen molar-refractivity contribution < 1.29 is 16.4 Å². The van der Waals surface area contributed by atoms with Gasteiger partial charge in [-0.05, 0) is 0 Å². The van der Waals surface area contributed by atoms with E-state index in [1.807, 2.05) is 0 Å². The summed E-state index contributed by atoms with van der Waals surface area (Å²) in [5, 5.41) is 5.94. The number of benzene rings is 6. The molecule has 1 aliphatic heterocycles. The van der Waals surface area contributed by atoms with Gasteiger partial charge in [0, 0.05) is 0 Å². The summed E-state index contributed by atoms with van der Waals surface area (Å²) in [6.07, 6.45) is 5.11. The number of rotatable bonds is 7. The van der Waals surface area contributed by atoms with Crippen molar-refractivity contribution in [2.45, 2.75) is 88.1 Å². The van der Waals surface area contributed by atoms with Crippen molar-refractivity contribution in [1.82, 2.24) is 0 Å². The van der Waals surface area contributed by atoms with Gasteiger partial charge < -0.3 is 0 Å². The van der Waals surface area contributed by atoms with Crippen LogP contribution in [0, 0.1) is 10.8 Å². The van der Waals surface area contributed by atoms with Crippen LogP contribution in [-0.4, -0.2) is 25.7 Å². The number of allylic oxidation sites excluding steroid dienone is 2. The fourth-order valence-corrected chi connectivity index (χ4v) is 43.1. The zero-order chi connectivity index (χ0) is 44.4. The van der Waals surface area contributed by atoms with Crippen LogP contribution < -0.4 is 24.0 Å². The van der Waals surface area contributed by atoms with Gasteiger partial charge in [-0.1, -0.05) is 0 Å². The van der Waals surface area contributed by atoms with E-state index in [1.54, 1.807) is 0 Å². The van der Waals surface area contributed by atoms with E-state index in [2.05, 4.69) is 220 Å². The van der Waals surface area contributed by atoms with Crippen molar-refractivity contribution >= 4 is 78.9 Å². The van der Waals surface area contributed by atoms with Crippen LogP contribution in [0.5, 0.6) is 0 Å². The molecule has 62 heavy (non-hydrogen) atoms. The van der Waals surface area contributed by atoms with E-state index in [0.717, 1.165) is 0 Å². The summed E-state index contributed by atoms with van der Waals surface area (Å²) in [5.41, 5.74) is 15.6. The van der Waals surface area contributed by atoms with E-state index in [9.17, 15) is 17.0 Å². The van der Waals surface area contributed by atoms with E-state index < -0.39 is 42.1 Å². The van der Waals surface area contributed by atoms with Gasteiger partial charge in [0.25, 0.3) is 0 Å². The third kappa shape index (κ3) is 6.96. The Balaban J connectivity index is 1.41. The summed E-state index contributed by atoms with van der Waals surface area (Å²) in [6, 6.07) is 48.6. The average Bonchev–Trinajstić information content (AvgIpc) is 3.93. The van der Waals surface area contributed by atoms with Crippen LogP contribution in [0.15, 0.2) is 139 Å². The average molecular weight is 983 g/mol. The molecule has 9 rings (SSSR count). The molecule has 0 saturated carbocycles. The fraction of sp³-hybridized carbons (Fsp3) is 0.286. The molecule has 0 fully saturated rings. The zero-order valence-electron chi connectivity index (χ0n) is 38.9. The Morgan fingerprint density at radius 1 is 0.452 bits per heavy atom. The minimum atomic E-state index is -5.81. The predicted molar refractivity (Wildman–Crippen MR) is 281 cm³/mol. The number of hydrogen-bond donors (Lipinski definition) is 0. The Bertz CT molecular complexity index is 2730. The third-order valence-electron chi connectivity index (χ3n) is 14.3. The SMILES string of the molecule is CC(C)(C)C1=Cc2c(-c3ccccc3[Si](C)(C)C)cccc2[CH]1[Zr]([Cl])([Cl])([c]1cccc2c1[SiH2]c1ccccc1-2)[CH]1C(C(C)(C)C)=Cc2c(-c3ccccc3[Si](C)(C)C)cccc21. The minimum absolute atomic E-state index is 0.155. The molecule has 6 heteroatoms. The van der Waals surface area contributed by atoms with Gasteiger partial charge in [-0.25, -0.2) is 0 Å². The molecule has 0 saturated heterocycles. The van der Waals surface area contributed by atoms with Gasteiger partial charge in [0.05, 0.1) is 0 Å². The molecule has 0 aromatic heterocycles. The molecule has 2 unspecified atom stereocenters. The molecule has 0 N–H and O–H groups in total. The maximum atomic E-state index is 9.55. The molecule has 2 aliphatic carbocycles. The van der Waals surface area contributed by atoms with E-state index in [-0.39, 0.29) is 18.1 Å². The van der Waals surface area contributed by atoms with Crippen LogP contribution in [0.25, 0.3) is 45.5 Å². The van der Waals surface area contributed by atoms with Crippen LogP contribution in [0.3, 0.4) is 0 Å². The fourth-order valence-electron chi connectivity index (χ4n) is 11.5. The van der Waals surface area contributed by atoms with E-state index in [4.69, 9.17) is 0 Å². The molecule has 6 aromatic carbocycles. The van der Waals surface area contributed by atoms with E-state index in [0.29, 0.717) is 0 Å². The predicted octanol–water partition coefficient (Wildman–Crippen LogP) is 13.2. The van der Waals surface area contributed by atoms with Crippen LogP contribution in [0.4, 0.5) is 0 Å². The van der Waals surface area contributed by atoms with E-state index >= 15 is 0 Å². The summed E-state index contributed by atoms with van der Waals surface area (Å²) in [6.45, 7) is 29.2.